The highest BCUT2D eigenvalue weighted by Crippen LogP contribution is 2.24. The highest BCUT2D eigenvalue weighted by molar-refractivity contribution is 5.87. The highest BCUT2D eigenvalue weighted by atomic mass is 16.5. The van der Waals surface area contributed by atoms with Gasteiger partial charge in [-0.1, -0.05) is 18.2 Å². The SMILES string of the molecule is NC(=O)COCCNC(=O)C1Cc2ccccc2N1. The molecule has 0 fully saturated rings. The van der Waals surface area contributed by atoms with Gasteiger partial charge in [0.2, 0.25) is 11.8 Å². The van der Waals surface area contributed by atoms with Crippen LogP contribution >= 0.6 is 0 Å². The Morgan fingerprint density at radius 1 is 1.42 bits per heavy atom. The molecule has 6 nitrogen and oxygen atoms in total. The van der Waals surface area contributed by atoms with E-state index in [-0.39, 0.29) is 25.2 Å². The lowest BCUT2D eigenvalue weighted by Gasteiger charge is -2.11. The van der Waals surface area contributed by atoms with E-state index in [0.29, 0.717) is 13.0 Å². The van der Waals surface area contributed by atoms with Crippen LogP contribution in [0, 0.1) is 0 Å². The highest BCUT2D eigenvalue weighted by Gasteiger charge is 2.25. The van der Waals surface area contributed by atoms with E-state index in [1.807, 2.05) is 24.3 Å². The quantitative estimate of drug-likeness (QED) is 0.611. The summed E-state index contributed by atoms with van der Waals surface area (Å²) in [7, 11) is 0. The molecule has 0 radical (unpaired) electrons. The Balaban J connectivity index is 1.70. The van der Waals surface area contributed by atoms with Crippen LogP contribution in [-0.4, -0.2) is 37.6 Å². The lowest BCUT2D eigenvalue weighted by molar-refractivity contribution is -0.122. The van der Waals surface area contributed by atoms with E-state index in [9.17, 15) is 9.59 Å². The number of nitrogens with one attached hydrogen (secondary N) is 2. The summed E-state index contributed by atoms with van der Waals surface area (Å²) >= 11 is 0. The largest absolute Gasteiger partial charge is 0.373 e. The Bertz CT molecular complexity index is 451. The maximum absolute atomic E-state index is 11.9. The molecule has 0 spiro atoms. The second kappa shape index (κ2) is 6.19. The minimum Gasteiger partial charge on any atom is -0.373 e. The summed E-state index contributed by atoms with van der Waals surface area (Å²) in [5, 5.41) is 5.92. The van der Waals surface area contributed by atoms with Crippen LogP contribution in [0.5, 0.6) is 0 Å². The van der Waals surface area contributed by atoms with E-state index in [1.165, 1.54) is 0 Å². The van der Waals surface area contributed by atoms with E-state index >= 15 is 0 Å². The number of benzene rings is 1. The van der Waals surface area contributed by atoms with Crippen LogP contribution in [0.4, 0.5) is 5.69 Å². The van der Waals surface area contributed by atoms with E-state index in [0.717, 1.165) is 11.3 Å². The molecule has 6 heteroatoms. The number of rotatable bonds is 6. The van der Waals surface area contributed by atoms with Gasteiger partial charge in [0.05, 0.1) is 6.61 Å². The molecule has 0 saturated heterocycles. The fourth-order valence-electron chi connectivity index (χ4n) is 2.00. The van der Waals surface area contributed by atoms with Gasteiger partial charge in [-0.2, -0.15) is 0 Å². The lowest BCUT2D eigenvalue weighted by Crippen LogP contribution is -2.40. The zero-order valence-corrected chi connectivity index (χ0v) is 10.5. The number of anilines is 1. The summed E-state index contributed by atoms with van der Waals surface area (Å²) in [6.07, 6.45) is 0.685. The summed E-state index contributed by atoms with van der Waals surface area (Å²) in [6, 6.07) is 7.61. The Hall–Kier alpha value is -2.08. The molecule has 1 heterocycles. The predicted octanol–water partition coefficient (Wildman–Crippen LogP) is -0.359. The van der Waals surface area contributed by atoms with Crippen molar-refractivity contribution in [3.05, 3.63) is 29.8 Å². The molecule has 0 aromatic heterocycles. The molecule has 0 aliphatic carbocycles. The van der Waals surface area contributed by atoms with E-state index in [2.05, 4.69) is 10.6 Å². The third-order valence-corrected chi connectivity index (χ3v) is 2.88. The summed E-state index contributed by atoms with van der Waals surface area (Å²) in [6.45, 7) is 0.512. The average Bonchev–Trinajstić information content (AvgIpc) is 2.81. The molecule has 4 N–H and O–H groups in total. The van der Waals surface area contributed by atoms with Gasteiger partial charge in [0, 0.05) is 18.7 Å². The smallest absolute Gasteiger partial charge is 0.243 e. The Kier molecular flexibility index (Phi) is 4.35. The first-order valence-corrected chi connectivity index (χ1v) is 6.15. The summed E-state index contributed by atoms with van der Waals surface area (Å²) in [5.74, 6) is -0.585. The minimum absolute atomic E-state index is 0.0705. The van der Waals surface area contributed by atoms with Crippen molar-refractivity contribution in [3.63, 3.8) is 0 Å². The van der Waals surface area contributed by atoms with Crippen molar-refractivity contribution in [2.24, 2.45) is 5.73 Å². The molecular formula is C13H17N3O3. The lowest BCUT2D eigenvalue weighted by atomic mass is 10.1. The van der Waals surface area contributed by atoms with Gasteiger partial charge in [-0.25, -0.2) is 0 Å². The Morgan fingerprint density at radius 2 is 2.21 bits per heavy atom. The molecule has 0 bridgehead atoms. The maximum Gasteiger partial charge on any atom is 0.243 e. The average molecular weight is 263 g/mol. The van der Waals surface area contributed by atoms with Gasteiger partial charge in [0.1, 0.15) is 12.6 Å². The topological polar surface area (TPSA) is 93.5 Å². The van der Waals surface area contributed by atoms with Crippen molar-refractivity contribution in [2.45, 2.75) is 12.5 Å². The Labute approximate surface area is 111 Å². The van der Waals surface area contributed by atoms with Gasteiger partial charge in [0.15, 0.2) is 0 Å². The number of nitrogens with two attached hydrogens (primary N) is 1. The van der Waals surface area contributed by atoms with Crippen LogP contribution in [0.3, 0.4) is 0 Å². The van der Waals surface area contributed by atoms with Gasteiger partial charge in [-0.15, -0.1) is 0 Å². The van der Waals surface area contributed by atoms with Crippen molar-refractivity contribution in [1.29, 1.82) is 0 Å². The summed E-state index contributed by atoms with van der Waals surface area (Å²) in [5.41, 5.74) is 7.07. The van der Waals surface area contributed by atoms with Crippen molar-refractivity contribution >= 4 is 17.5 Å². The first-order valence-electron chi connectivity index (χ1n) is 6.15. The fourth-order valence-corrected chi connectivity index (χ4v) is 2.00. The number of amides is 2. The predicted molar refractivity (Wildman–Crippen MR) is 70.6 cm³/mol. The molecule has 0 saturated carbocycles. The van der Waals surface area contributed by atoms with Gasteiger partial charge in [-0.3, -0.25) is 9.59 Å². The van der Waals surface area contributed by atoms with Crippen LogP contribution in [-0.2, 0) is 20.7 Å². The number of hydrogen-bond acceptors (Lipinski definition) is 4. The van der Waals surface area contributed by atoms with Crippen molar-refractivity contribution in [1.82, 2.24) is 5.32 Å². The zero-order chi connectivity index (χ0) is 13.7. The first-order chi connectivity index (χ1) is 9.16. The van der Waals surface area contributed by atoms with Gasteiger partial charge >= 0.3 is 0 Å². The van der Waals surface area contributed by atoms with E-state index < -0.39 is 5.91 Å². The van der Waals surface area contributed by atoms with E-state index in [4.69, 9.17) is 10.5 Å². The second-order valence-electron chi connectivity index (χ2n) is 4.37. The number of para-hydroxylation sites is 1. The molecule has 102 valence electrons. The van der Waals surface area contributed by atoms with Gasteiger partial charge in [-0.05, 0) is 11.6 Å². The molecule has 1 unspecified atom stereocenters. The maximum atomic E-state index is 11.9. The Morgan fingerprint density at radius 3 is 2.95 bits per heavy atom. The standard InChI is InChI=1S/C13H17N3O3/c14-12(17)8-19-6-5-15-13(18)11-7-9-3-1-2-4-10(9)16-11/h1-4,11,16H,5-8H2,(H2,14,17)(H,15,18). The molecule has 1 aromatic rings. The van der Waals surface area contributed by atoms with Crippen molar-refractivity contribution in [3.8, 4) is 0 Å². The van der Waals surface area contributed by atoms with Gasteiger partial charge < -0.3 is 21.1 Å². The number of hydrogen-bond donors (Lipinski definition) is 3. The number of primary amides is 1. The van der Waals surface area contributed by atoms with Crippen LogP contribution < -0.4 is 16.4 Å². The van der Waals surface area contributed by atoms with E-state index in [1.54, 1.807) is 0 Å². The number of carbonyl (C=O) groups is 2. The van der Waals surface area contributed by atoms with Crippen LogP contribution in [0.15, 0.2) is 24.3 Å². The third kappa shape index (κ3) is 3.69. The van der Waals surface area contributed by atoms with Crippen LogP contribution in [0.1, 0.15) is 5.56 Å². The number of fused-ring (bicyclic) bond motifs is 1. The monoisotopic (exact) mass is 263 g/mol. The molecular weight excluding hydrogens is 246 g/mol. The fraction of sp³-hybridized carbons (Fsp3) is 0.385. The summed E-state index contributed by atoms with van der Waals surface area (Å²) in [4.78, 5) is 22.3. The summed E-state index contributed by atoms with van der Waals surface area (Å²) < 4.78 is 4.96. The van der Waals surface area contributed by atoms with Crippen molar-refractivity contribution in [2.75, 3.05) is 25.1 Å². The molecule has 1 atom stereocenters. The molecule has 2 rings (SSSR count). The van der Waals surface area contributed by atoms with Crippen LogP contribution in [0.2, 0.25) is 0 Å². The molecule has 1 aromatic carbocycles. The normalized spacial score (nSPS) is 16.5. The third-order valence-electron chi connectivity index (χ3n) is 2.88. The van der Waals surface area contributed by atoms with Crippen molar-refractivity contribution < 1.29 is 14.3 Å². The molecule has 1 aliphatic rings. The number of carbonyl (C=O) groups excluding carboxylic acids is 2. The number of ether oxygens (including phenoxy) is 1. The molecule has 19 heavy (non-hydrogen) atoms. The first kappa shape index (κ1) is 13.4. The van der Waals surface area contributed by atoms with Crippen LogP contribution in [0.25, 0.3) is 0 Å². The minimum atomic E-state index is -0.515. The molecule has 1 aliphatic heterocycles. The molecule has 2 amide bonds. The zero-order valence-electron chi connectivity index (χ0n) is 10.5. The second-order valence-corrected chi connectivity index (χ2v) is 4.37. The van der Waals surface area contributed by atoms with Gasteiger partial charge in [0.25, 0.3) is 0 Å².